The topological polar surface area (TPSA) is 47.3 Å². The van der Waals surface area contributed by atoms with Crippen molar-refractivity contribution in [2.45, 2.75) is 26.5 Å². The second-order valence-electron chi connectivity index (χ2n) is 4.67. The molecule has 0 saturated carbocycles. The first-order valence-electron chi connectivity index (χ1n) is 4.51. The average Bonchev–Trinajstić information content (AvgIpc) is 2.31. The summed E-state index contributed by atoms with van der Waals surface area (Å²) in [5, 5.41) is 0. The van der Waals surface area contributed by atoms with Gasteiger partial charge in [-0.3, -0.25) is 0 Å². The third-order valence-corrected chi connectivity index (χ3v) is 3.63. The predicted octanol–water partition coefficient (Wildman–Crippen LogP) is 2.24. The average molecular weight is 216 g/mol. The van der Waals surface area contributed by atoms with Gasteiger partial charge in [0.2, 0.25) is 0 Å². The zero-order chi connectivity index (χ0) is 10.8. The number of hydrogen-bond acceptors (Lipinski definition) is 3. The Bertz CT molecular complexity index is 368. The van der Waals surface area contributed by atoms with E-state index >= 15 is 0 Å². The molecule has 1 aromatic heterocycles. The summed E-state index contributed by atoms with van der Waals surface area (Å²) in [4.78, 5) is 0. The molecule has 80 valence electrons. The van der Waals surface area contributed by atoms with Gasteiger partial charge < -0.3 is 4.42 Å². The van der Waals surface area contributed by atoms with Gasteiger partial charge in [0, 0.05) is 0 Å². The highest BCUT2D eigenvalue weighted by Crippen LogP contribution is 2.19. The van der Waals surface area contributed by atoms with E-state index in [2.05, 4.69) is 0 Å². The first-order valence-corrected chi connectivity index (χ1v) is 6.33. The van der Waals surface area contributed by atoms with Crippen LogP contribution in [-0.4, -0.2) is 14.2 Å². The molecule has 0 radical (unpaired) electrons. The summed E-state index contributed by atoms with van der Waals surface area (Å²) in [5.74, 6) is 0.687. The maximum Gasteiger partial charge on any atom is 0.158 e. The Morgan fingerprint density at radius 1 is 1.36 bits per heavy atom. The standard InChI is InChI=1S/C10H16O3S/c1-10(2,3)8-14(11,12)7-9-5-4-6-13-9/h4-6H,7-8H2,1-3H3. The fourth-order valence-corrected chi connectivity index (χ4v) is 3.34. The minimum atomic E-state index is -3.06. The van der Waals surface area contributed by atoms with Crippen LogP contribution in [0, 0.1) is 5.41 Å². The van der Waals surface area contributed by atoms with Gasteiger partial charge in [0.05, 0.1) is 12.0 Å². The van der Waals surface area contributed by atoms with Gasteiger partial charge in [-0.25, -0.2) is 8.42 Å². The molecule has 14 heavy (non-hydrogen) atoms. The van der Waals surface area contributed by atoms with Crippen molar-refractivity contribution in [2.75, 3.05) is 5.75 Å². The summed E-state index contributed by atoms with van der Waals surface area (Å²) in [6.07, 6.45) is 1.49. The van der Waals surface area contributed by atoms with Gasteiger partial charge in [0.1, 0.15) is 11.5 Å². The SMILES string of the molecule is CC(C)(C)CS(=O)(=O)Cc1ccco1. The normalized spacial score (nSPS) is 13.1. The van der Waals surface area contributed by atoms with Crippen LogP contribution in [-0.2, 0) is 15.6 Å². The predicted molar refractivity (Wildman–Crippen MR) is 55.7 cm³/mol. The lowest BCUT2D eigenvalue weighted by atomic mass is 10.0. The summed E-state index contributed by atoms with van der Waals surface area (Å²) in [6.45, 7) is 5.73. The Morgan fingerprint density at radius 2 is 2.00 bits per heavy atom. The monoisotopic (exact) mass is 216 g/mol. The summed E-state index contributed by atoms with van der Waals surface area (Å²) in [6, 6.07) is 3.38. The molecule has 0 aliphatic heterocycles. The Hall–Kier alpha value is -0.770. The third kappa shape index (κ3) is 3.96. The molecule has 1 heterocycles. The second-order valence-corrected chi connectivity index (χ2v) is 6.74. The molecular weight excluding hydrogens is 200 g/mol. The molecule has 0 spiro atoms. The van der Waals surface area contributed by atoms with Crippen LogP contribution in [0.4, 0.5) is 0 Å². The smallest absolute Gasteiger partial charge is 0.158 e. The molecule has 1 rings (SSSR count). The lowest BCUT2D eigenvalue weighted by molar-refractivity contribution is 0.458. The van der Waals surface area contributed by atoms with E-state index in [9.17, 15) is 8.42 Å². The molecule has 0 atom stereocenters. The van der Waals surface area contributed by atoms with Crippen LogP contribution in [0.3, 0.4) is 0 Å². The van der Waals surface area contributed by atoms with Crippen molar-refractivity contribution < 1.29 is 12.8 Å². The zero-order valence-electron chi connectivity index (χ0n) is 8.78. The molecule has 0 aromatic carbocycles. The van der Waals surface area contributed by atoms with Gasteiger partial charge in [-0.2, -0.15) is 0 Å². The quantitative estimate of drug-likeness (QED) is 0.778. The lowest BCUT2D eigenvalue weighted by Gasteiger charge is -2.17. The summed E-state index contributed by atoms with van der Waals surface area (Å²) in [7, 11) is -3.06. The Morgan fingerprint density at radius 3 is 2.43 bits per heavy atom. The zero-order valence-corrected chi connectivity index (χ0v) is 9.60. The summed E-state index contributed by atoms with van der Waals surface area (Å²) < 4.78 is 28.3. The number of hydrogen-bond donors (Lipinski definition) is 0. The highest BCUT2D eigenvalue weighted by Gasteiger charge is 2.22. The van der Waals surface area contributed by atoms with Gasteiger partial charge >= 0.3 is 0 Å². The van der Waals surface area contributed by atoms with Crippen molar-refractivity contribution >= 4 is 9.84 Å². The van der Waals surface area contributed by atoms with Gasteiger partial charge in [0.15, 0.2) is 9.84 Å². The van der Waals surface area contributed by atoms with Crippen molar-refractivity contribution in [3.05, 3.63) is 24.2 Å². The fourth-order valence-electron chi connectivity index (χ4n) is 1.32. The Labute approximate surface area is 85.0 Å². The van der Waals surface area contributed by atoms with Crippen LogP contribution >= 0.6 is 0 Å². The summed E-state index contributed by atoms with van der Waals surface area (Å²) in [5.41, 5.74) is -0.203. The molecule has 0 unspecified atom stereocenters. The molecular formula is C10H16O3S. The molecule has 0 fully saturated rings. The van der Waals surface area contributed by atoms with E-state index in [-0.39, 0.29) is 16.9 Å². The molecule has 0 aliphatic carbocycles. The van der Waals surface area contributed by atoms with Gasteiger partial charge in [-0.1, -0.05) is 20.8 Å². The van der Waals surface area contributed by atoms with E-state index in [1.54, 1.807) is 12.1 Å². The Balaban J connectivity index is 2.69. The lowest BCUT2D eigenvalue weighted by Crippen LogP contribution is -2.21. The minimum absolute atomic E-state index is 0.00271. The van der Waals surface area contributed by atoms with Crippen LogP contribution in [0.5, 0.6) is 0 Å². The minimum Gasteiger partial charge on any atom is -0.468 e. The molecule has 0 bridgehead atoms. The Kier molecular flexibility index (Phi) is 3.04. The molecule has 0 saturated heterocycles. The first kappa shape index (κ1) is 11.3. The maximum atomic E-state index is 11.7. The van der Waals surface area contributed by atoms with Crippen molar-refractivity contribution in [3.63, 3.8) is 0 Å². The number of sulfone groups is 1. The van der Waals surface area contributed by atoms with Crippen LogP contribution < -0.4 is 0 Å². The van der Waals surface area contributed by atoms with Crippen molar-refractivity contribution in [3.8, 4) is 0 Å². The highest BCUT2D eigenvalue weighted by atomic mass is 32.2. The van der Waals surface area contributed by atoms with Crippen molar-refractivity contribution in [1.29, 1.82) is 0 Å². The molecule has 1 aromatic rings. The van der Waals surface area contributed by atoms with Gasteiger partial charge in [-0.05, 0) is 17.5 Å². The van der Waals surface area contributed by atoms with E-state index in [0.29, 0.717) is 5.76 Å². The van der Waals surface area contributed by atoms with Crippen LogP contribution in [0.1, 0.15) is 26.5 Å². The third-order valence-electron chi connectivity index (χ3n) is 1.60. The highest BCUT2D eigenvalue weighted by molar-refractivity contribution is 7.90. The van der Waals surface area contributed by atoms with Crippen molar-refractivity contribution in [1.82, 2.24) is 0 Å². The molecule has 3 nitrogen and oxygen atoms in total. The number of rotatable bonds is 3. The summed E-state index contributed by atoms with van der Waals surface area (Å²) >= 11 is 0. The fraction of sp³-hybridized carbons (Fsp3) is 0.600. The van der Waals surface area contributed by atoms with Crippen LogP contribution in [0.25, 0.3) is 0 Å². The van der Waals surface area contributed by atoms with E-state index < -0.39 is 9.84 Å². The molecule has 4 heteroatoms. The molecule has 0 aliphatic rings. The van der Waals surface area contributed by atoms with E-state index in [1.807, 2.05) is 20.8 Å². The van der Waals surface area contributed by atoms with Gasteiger partial charge in [0.25, 0.3) is 0 Å². The first-order chi connectivity index (χ1) is 6.29. The second kappa shape index (κ2) is 3.77. The van der Waals surface area contributed by atoms with E-state index in [1.165, 1.54) is 6.26 Å². The van der Waals surface area contributed by atoms with Crippen molar-refractivity contribution in [2.24, 2.45) is 5.41 Å². The maximum absolute atomic E-state index is 11.7. The largest absolute Gasteiger partial charge is 0.468 e. The number of furan rings is 1. The van der Waals surface area contributed by atoms with Crippen LogP contribution in [0.2, 0.25) is 0 Å². The van der Waals surface area contributed by atoms with Gasteiger partial charge in [-0.15, -0.1) is 0 Å². The van der Waals surface area contributed by atoms with E-state index in [0.717, 1.165) is 0 Å². The van der Waals surface area contributed by atoms with Crippen LogP contribution in [0.15, 0.2) is 22.8 Å². The molecule has 0 amide bonds. The van der Waals surface area contributed by atoms with E-state index in [4.69, 9.17) is 4.42 Å². The molecule has 0 N–H and O–H groups in total.